The number of hydrogen-bond acceptors (Lipinski definition) is 8. The van der Waals surface area contributed by atoms with Crippen LogP contribution in [-0.4, -0.2) is 63.4 Å². The zero-order chi connectivity index (χ0) is 22.8. The number of nitrogens with one attached hydrogen (secondary N) is 1. The smallest absolute Gasteiger partial charge is 0.270 e. The van der Waals surface area contributed by atoms with Crippen LogP contribution in [-0.2, 0) is 6.54 Å². The Kier molecular flexibility index (Phi) is 5.86. The van der Waals surface area contributed by atoms with Gasteiger partial charge in [0.25, 0.3) is 5.91 Å². The molecule has 1 saturated heterocycles. The molecule has 1 aliphatic rings. The number of aryl methyl sites for hydroxylation is 1. The Labute approximate surface area is 193 Å². The normalized spacial score (nSPS) is 14.1. The molecule has 0 unspecified atom stereocenters. The first-order valence-corrected chi connectivity index (χ1v) is 11.6. The Morgan fingerprint density at radius 3 is 2.61 bits per heavy atom. The van der Waals surface area contributed by atoms with Crippen molar-refractivity contribution in [3.63, 3.8) is 0 Å². The van der Waals surface area contributed by atoms with E-state index in [0.717, 1.165) is 53.7 Å². The SMILES string of the molecule is Cc1nc(C(=O)NCCn2ncc3c(N4CCN(c5ccc(F)cc5)CC4)ncnc32)cs1. The number of thiazole rings is 1. The fraction of sp³-hybridized carbons (Fsp3) is 0.318. The van der Waals surface area contributed by atoms with Crippen LogP contribution in [0.3, 0.4) is 0 Å². The summed E-state index contributed by atoms with van der Waals surface area (Å²) in [6, 6.07) is 6.60. The van der Waals surface area contributed by atoms with E-state index in [-0.39, 0.29) is 11.7 Å². The van der Waals surface area contributed by atoms with Crippen LogP contribution < -0.4 is 15.1 Å². The van der Waals surface area contributed by atoms with E-state index in [4.69, 9.17) is 0 Å². The number of nitrogens with zero attached hydrogens (tertiary/aromatic N) is 7. The van der Waals surface area contributed by atoms with Crippen molar-refractivity contribution in [2.45, 2.75) is 13.5 Å². The average molecular weight is 467 g/mol. The van der Waals surface area contributed by atoms with Gasteiger partial charge in [-0.2, -0.15) is 5.10 Å². The summed E-state index contributed by atoms with van der Waals surface area (Å²) in [6.45, 7) is 5.99. The van der Waals surface area contributed by atoms with Gasteiger partial charge in [-0.05, 0) is 31.2 Å². The summed E-state index contributed by atoms with van der Waals surface area (Å²) in [5, 5.41) is 10.8. The molecule has 0 atom stereocenters. The minimum atomic E-state index is -0.226. The number of carbonyl (C=O) groups is 1. The highest BCUT2D eigenvalue weighted by Crippen LogP contribution is 2.25. The lowest BCUT2D eigenvalue weighted by atomic mass is 10.2. The van der Waals surface area contributed by atoms with Crippen molar-refractivity contribution in [2.24, 2.45) is 0 Å². The second-order valence-corrected chi connectivity index (χ2v) is 8.82. The first-order valence-electron chi connectivity index (χ1n) is 10.7. The summed E-state index contributed by atoms with van der Waals surface area (Å²) < 4.78 is 15.0. The van der Waals surface area contributed by atoms with E-state index in [1.807, 2.05) is 19.1 Å². The van der Waals surface area contributed by atoms with Gasteiger partial charge in [-0.1, -0.05) is 0 Å². The van der Waals surface area contributed by atoms with Crippen molar-refractivity contribution in [3.05, 3.63) is 58.7 Å². The van der Waals surface area contributed by atoms with Crippen molar-refractivity contribution in [3.8, 4) is 0 Å². The quantitative estimate of drug-likeness (QED) is 0.467. The molecule has 1 aliphatic heterocycles. The molecule has 0 spiro atoms. The van der Waals surface area contributed by atoms with Crippen molar-refractivity contribution < 1.29 is 9.18 Å². The standard InChI is InChI=1S/C22H23FN8OS/c1-15-28-19(13-33-15)22(32)24-6-7-31-21-18(12-27-31)20(25-14-26-21)30-10-8-29(9-11-30)17-4-2-16(23)3-5-17/h2-5,12-14H,6-11H2,1H3,(H,24,32). The number of carbonyl (C=O) groups excluding carboxylic acids is 1. The number of aromatic nitrogens is 5. The number of benzene rings is 1. The van der Waals surface area contributed by atoms with Gasteiger partial charge < -0.3 is 15.1 Å². The Hall–Kier alpha value is -3.60. The highest BCUT2D eigenvalue weighted by Gasteiger charge is 2.21. The largest absolute Gasteiger partial charge is 0.368 e. The highest BCUT2D eigenvalue weighted by molar-refractivity contribution is 7.09. The summed E-state index contributed by atoms with van der Waals surface area (Å²) in [7, 11) is 0. The number of hydrogen-bond donors (Lipinski definition) is 1. The van der Waals surface area contributed by atoms with E-state index in [9.17, 15) is 9.18 Å². The molecule has 1 fully saturated rings. The zero-order valence-electron chi connectivity index (χ0n) is 18.1. The molecule has 0 aliphatic carbocycles. The Morgan fingerprint density at radius 2 is 1.88 bits per heavy atom. The van der Waals surface area contributed by atoms with Gasteiger partial charge in [0.15, 0.2) is 5.65 Å². The lowest BCUT2D eigenvalue weighted by molar-refractivity contribution is 0.0947. The molecule has 3 aromatic heterocycles. The average Bonchev–Trinajstić information content (AvgIpc) is 3.46. The monoisotopic (exact) mass is 466 g/mol. The number of amides is 1. The third-order valence-corrected chi connectivity index (χ3v) is 6.42. The Balaban J connectivity index is 1.23. The summed E-state index contributed by atoms with van der Waals surface area (Å²) >= 11 is 1.45. The van der Waals surface area contributed by atoms with Gasteiger partial charge in [0.1, 0.15) is 23.7 Å². The molecule has 0 saturated carbocycles. The molecule has 4 heterocycles. The molecular weight excluding hydrogens is 443 g/mol. The van der Waals surface area contributed by atoms with Crippen LogP contribution in [0.1, 0.15) is 15.5 Å². The van der Waals surface area contributed by atoms with Gasteiger partial charge in [0, 0.05) is 43.8 Å². The lowest BCUT2D eigenvalue weighted by Gasteiger charge is -2.36. The van der Waals surface area contributed by atoms with Gasteiger partial charge in [-0.25, -0.2) is 24.0 Å². The third-order valence-electron chi connectivity index (χ3n) is 5.64. The number of anilines is 2. The van der Waals surface area contributed by atoms with Crippen LogP contribution in [0.25, 0.3) is 11.0 Å². The number of rotatable bonds is 6. The second kappa shape index (κ2) is 9.10. The van der Waals surface area contributed by atoms with E-state index >= 15 is 0 Å². The van der Waals surface area contributed by atoms with Crippen molar-refractivity contribution in [1.29, 1.82) is 0 Å². The molecule has 1 amide bonds. The third kappa shape index (κ3) is 4.49. The van der Waals surface area contributed by atoms with Crippen molar-refractivity contribution >= 4 is 39.8 Å². The number of fused-ring (bicyclic) bond motifs is 1. The maximum Gasteiger partial charge on any atom is 0.270 e. The highest BCUT2D eigenvalue weighted by atomic mass is 32.1. The van der Waals surface area contributed by atoms with Crippen LogP contribution in [0.4, 0.5) is 15.9 Å². The summed E-state index contributed by atoms with van der Waals surface area (Å²) in [5.41, 5.74) is 2.19. The summed E-state index contributed by atoms with van der Waals surface area (Å²) in [6.07, 6.45) is 3.33. The molecule has 1 N–H and O–H groups in total. The first kappa shape index (κ1) is 21.3. The molecule has 4 aromatic rings. The van der Waals surface area contributed by atoms with E-state index in [0.29, 0.717) is 18.8 Å². The van der Waals surface area contributed by atoms with Crippen LogP contribution in [0, 0.1) is 12.7 Å². The van der Waals surface area contributed by atoms with Gasteiger partial charge in [0.05, 0.1) is 23.1 Å². The molecule has 1 aromatic carbocycles. The van der Waals surface area contributed by atoms with Gasteiger partial charge in [-0.3, -0.25) is 4.79 Å². The molecule has 9 nitrogen and oxygen atoms in total. The fourth-order valence-corrected chi connectivity index (χ4v) is 4.55. The van der Waals surface area contributed by atoms with E-state index < -0.39 is 0 Å². The van der Waals surface area contributed by atoms with Crippen molar-refractivity contribution in [1.82, 2.24) is 30.0 Å². The molecule has 0 radical (unpaired) electrons. The predicted molar refractivity (Wildman–Crippen MR) is 125 cm³/mol. The topological polar surface area (TPSA) is 92.1 Å². The maximum absolute atomic E-state index is 13.2. The molecule has 11 heteroatoms. The number of halogens is 1. The van der Waals surface area contributed by atoms with Crippen LogP contribution in [0.2, 0.25) is 0 Å². The summed E-state index contributed by atoms with van der Waals surface area (Å²) in [5.74, 6) is 0.438. The van der Waals surface area contributed by atoms with Gasteiger partial charge in [0.2, 0.25) is 0 Å². The lowest BCUT2D eigenvalue weighted by Crippen LogP contribution is -2.46. The fourth-order valence-electron chi connectivity index (χ4n) is 3.96. The van der Waals surface area contributed by atoms with Gasteiger partial charge >= 0.3 is 0 Å². The van der Waals surface area contributed by atoms with E-state index in [1.54, 1.807) is 22.6 Å². The maximum atomic E-state index is 13.2. The van der Waals surface area contributed by atoms with Crippen LogP contribution in [0.15, 0.2) is 42.2 Å². The van der Waals surface area contributed by atoms with Crippen LogP contribution in [0.5, 0.6) is 0 Å². The van der Waals surface area contributed by atoms with Gasteiger partial charge in [-0.15, -0.1) is 11.3 Å². The van der Waals surface area contributed by atoms with E-state index in [1.165, 1.54) is 23.5 Å². The molecule has 0 bridgehead atoms. The number of piperazine rings is 1. The minimum Gasteiger partial charge on any atom is -0.368 e. The Morgan fingerprint density at radius 1 is 1.12 bits per heavy atom. The first-order chi connectivity index (χ1) is 16.1. The molecule has 5 rings (SSSR count). The minimum absolute atomic E-state index is 0.190. The predicted octanol–water partition coefficient (Wildman–Crippen LogP) is 2.49. The second-order valence-electron chi connectivity index (χ2n) is 7.76. The molecule has 170 valence electrons. The molecular formula is C22H23FN8OS. The van der Waals surface area contributed by atoms with Crippen molar-refractivity contribution in [2.75, 3.05) is 42.5 Å². The Bertz CT molecular complexity index is 1260. The zero-order valence-corrected chi connectivity index (χ0v) is 18.9. The van der Waals surface area contributed by atoms with E-state index in [2.05, 4.69) is 35.2 Å². The van der Waals surface area contributed by atoms with Crippen LogP contribution >= 0.6 is 11.3 Å². The summed E-state index contributed by atoms with van der Waals surface area (Å²) in [4.78, 5) is 29.8. The molecule has 33 heavy (non-hydrogen) atoms.